The molecule has 21 heavy (non-hydrogen) atoms. The summed E-state index contributed by atoms with van der Waals surface area (Å²) < 4.78 is 6.46. The van der Waals surface area contributed by atoms with E-state index in [1.807, 2.05) is 11.3 Å². The molecule has 0 saturated heterocycles. The van der Waals surface area contributed by atoms with Gasteiger partial charge in [0.2, 0.25) is 0 Å². The highest BCUT2D eigenvalue weighted by atomic mass is 79.9. The highest BCUT2D eigenvalue weighted by Gasteiger charge is 2.23. The number of hydrogen-bond acceptors (Lipinski definition) is 3. The number of methoxy groups -OCH3 is 1. The van der Waals surface area contributed by atoms with Crippen LogP contribution in [0.15, 0.2) is 34.1 Å². The van der Waals surface area contributed by atoms with Crippen molar-refractivity contribution in [2.24, 2.45) is 0 Å². The standard InChI is InChI=1S/C17H20BrNOS/c1-20-10-9-12-5-2-3-6-14(12)19-15-7-4-8-16-13(15)11-17(18)21-16/h2-3,5-6,11,15,19H,4,7-10H2,1H3. The smallest absolute Gasteiger partial charge is 0.0705 e. The molecule has 2 aromatic rings. The zero-order valence-corrected chi connectivity index (χ0v) is 14.6. The number of fused-ring (bicyclic) bond motifs is 1. The molecule has 2 nitrogen and oxygen atoms in total. The molecule has 1 atom stereocenters. The molecule has 1 unspecified atom stereocenters. The first-order chi connectivity index (χ1) is 10.3. The van der Waals surface area contributed by atoms with Crippen molar-refractivity contribution in [3.63, 3.8) is 0 Å². The van der Waals surface area contributed by atoms with E-state index in [4.69, 9.17) is 4.74 Å². The summed E-state index contributed by atoms with van der Waals surface area (Å²) in [7, 11) is 1.76. The van der Waals surface area contributed by atoms with Crippen LogP contribution < -0.4 is 5.32 Å². The maximum atomic E-state index is 5.22. The van der Waals surface area contributed by atoms with Crippen LogP contribution in [-0.4, -0.2) is 13.7 Å². The summed E-state index contributed by atoms with van der Waals surface area (Å²) in [6, 6.07) is 11.3. The number of hydrogen-bond donors (Lipinski definition) is 1. The first kappa shape index (κ1) is 15.1. The van der Waals surface area contributed by atoms with Gasteiger partial charge >= 0.3 is 0 Å². The number of benzene rings is 1. The summed E-state index contributed by atoms with van der Waals surface area (Å²) in [4.78, 5) is 1.53. The van der Waals surface area contributed by atoms with Crippen molar-refractivity contribution in [2.75, 3.05) is 19.0 Å². The lowest BCUT2D eigenvalue weighted by Crippen LogP contribution is -2.16. The molecular weight excluding hydrogens is 346 g/mol. The molecule has 112 valence electrons. The average Bonchev–Trinajstić information content (AvgIpc) is 2.88. The van der Waals surface area contributed by atoms with Crippen molar-refractivity contribution in [1.29, 1.82) is 0 Å². The Morgan fingerprint density at radius 1 is 1.38 bits per heavy atom. The topological polar surface area (TPSA) is 21.3 Å². The van der Waals surface area contributed by atoms with Crippen LogP contribution in [0.4, 0.5) is 5.69 Å². The quantitative estimate of drug-likeness (QED) is 0.786. The molecule has 4 heteroatoms. The van der Waals surface area contributed by atoms with Gasteiger partial charge in [-0.2, -0.15) is 0 Å². The van der Waals surface area contributed by atoms with E-state index in [1.54, 1.807) is 7.11 Å². The predicted octanol–water partition coefficient (Wildman–Crippen LogP) is 5.19. The fourth-order valence-corrected chi connectivity index (χ4v) is 4.77. The lowest BCUT2D eigenvalue weighted by Gasteiger charge is -2.26. The molecule has 0 aliphatic heterocycles. The molecule has 1 aliphatic carbocycles. The molecule has 1 aliphatic rings. The van der Waals surface area contributed by atoms with Gasteiger partial charge in [-0.1, -0.05) is 18.2 Å². The number of rotatable bonds is 5. The first-order valence-electron chi connectivity index (χ1n) is 7.39. The van der Waals surface area contributed by atoms with Gasteiger partial charge in [0.05, 0.1) is 16.4 Å². The molecule has 0 fully saturated rings. The van der Waals surface area contributed by atoms with Gasteiger partial charge in [0.15, 0.2) is 0 Å². The van der Waals surface area contributed by atoms with E-state index in [0.29, 0.717) is 6.04 Å². The number of anilines is 1. The van der Waals surface area contributed by atoms with Crippen molar-refractivity contribution in [2.45, 2.75) is 31.7 Å². The Labute approximate surface area is 138 Å². The highest BCUT2D eigenvalue weighted by Crippen LogP contribution is 2.39. The summed E-state index contributed by atoms with van der Waals surface area (Å²) in [5, 5.41) is 3.76. The number of nitrogens with one attached hydrogen (secondary N) is 1. The minimum Gasteiger partial charge on any atom is -0.384 e. The van der Waals surface area contributed by atoms with Gasteiger partial charge in [-0.15, -0.1) is 11.3 Å². The SMILES string of the molecule is COCCc1ccccc1NC1CCCc2sc(Br)cc21. The summed E-state index contributed by atoms with van der Waals surface area (Å²) in [6.07, 6.45) is 4.63. The molecule has 0 spiro atoms. The second-order valence-electron chi connectivity index (χ2n) is 5.42. The molecule has 3 rings (SSSR count). The van der Waals surface area contributed by atoms with E-state index in [2.05, 4.69) is 51.6 Å². The molecule has 1 N–H and O–H groups in total. The van der Waals surface area contributed by atoms with Crippen molar-refractivity contribution in [3.05, 3.63) is 50.1 Å². The maximum absolute atomic E-state index is 5.22. The van der Waals surface area contributed by atoms with Crippen LogP contribution in [0.3, 0.4) is 0 Å². The van der Waals surface area contributed by atoms with Crippen molar-refractivity contribution in [3.8, 4) is 0 Å². The molecule has 0 amide bonds. The molecule has 1 heterocycles. The van der Waals surface area contributed by atoms with E-state index < -0.39 is 0 Å². The van der Waals surface area contributed by atoms with Crippen LogP contribution in [0.2, 0.25) is 0 Å². The fourth-order valence-electron chi connectivity index (χ4n) is 2.95. The highest BCUT2D eigenvalue weighted by molar-refractivity contribution is 9.11. The molecular formula is C17H20BrNOS. The third-order valence-corrected chi connectivity index (χ3v) is 5.72. The Kier molecular flexibility index (Phi) is 4.99. The summed E-state index contributed by atoms with van der Waals surface area (Å²) >= 11 is 5.51. The Morgan fingerprint density at radius 2 is 2.24 bits per heavy atom. The van der Waals surface area contributed by atoms with Crippen LogP contribution in [0.25, 0.3) is 0 Å². The van der Waals surface area contributed by atoms with Gasteiger partial charge in [-0.05, 0) is 64.9 Å². The number of para-hydroxylation sites is 1. The first-order valence-corrected chi connectivity index (χ1v) is 9.00. The zero-order chi connectivity index (χ0) is 14.7. The second-order valence-corrected chi connectivity index (χ2v) is 7.93. The number of aryl methyl sites for hydroxylation is 1. The Hall–Kier alpha value is -0.840. The number of thiophene rings is 1. The molecule has 1 aromatic carbocycles. The third kappa shape index (κ3) is 3.50. The van der Waals surface area contributed by atoms with E-state index in [0.717, 1.165) is 13.0 Å². The zero-order valence-electron chi connectivity index (χ0n) is 12.2. The minimum absolute atomic E-state index is 0.431. The maximum Gasteiger partial charge on any atom is 0.0705 e. The van der Waals surface area contributed by atoms with Crippen LogP contribution in [0.1, 0.15) is 34.9 Å². The largest absolute Gasteiger partial charge is 0.384 e. The lowest BCUT2D eigenvalue weighted by molar-refractivity contribution is 0.202. The number of ether oxygens (including phenoxy) is 1. The summed E-state index contributed by atoms with van der Waals surface area (Å²) in [5.74, 6) is 0. The van der Waals surface area contributed by atoms with Crippen LogP contribution in [-0.2, 0) is 17.6 Å². The summed E-state index contributed by atoms with van der Waals surface area (Å²) in [5.41, 5.74) is 4.05. The van der Waals surface area contributed by atoms with Crippen molar-refractivity contribution >= 4 is 33.0 Å². The van der Waals surface area contributed by atoms with Crippen LogP contribution >= 0.6 is 27.3 Å². The molecule has 0 saturated carbocycles. The minimum atomic E-state index is 0.431. The van der Waals surface area contributed by atoms with Gasteiger partial charge in [-0.3, -0.25) is 0 Å². The van der Waals surface area contributed by atoms with E-state index >= 15 is 0 Å². The van der Waals surface area contributed by atoms with Crippen LogP contribution in [0, 0.1) is 0 Å². The van der Waals surface area contributed by atoms with Gasteiger partial charge in [0, 0.05) is 17.7 Å². The monoisotopic (exact) mass is 365 g/mol. The van der Waals surface area contributed by atoms with Gasteiger partial charge in [-0.25, -0.2) is 0 Å². The Morgan fingerprint density at radius 3 is 3.10 bits per heavy atom. The van der Waals surface area contributed by atoms with E-state index in [1.165, 1.54) is 44.7 Å². The third-order valence-electron chi connectivity index (χ3n) is 4.01. The molecule has 0 bridgehead atoms. The van der Waals surface area contributed by atoms with Crippen molar-refractivity contribution in [1.82, 2.24) is 0 Å². The summed E-state index contributed by atoms with van der Waals surface area (Å²) in [6.45, 7) is 0.763. The van der Waals surface area contributed by atoms with E-state index in [9.17, 15) is 0 Å². The van der Waals surface area contributed by atoms with Gasteiger partial charge in [0.1, 0.15) is 0 Å². The molecule has 1 aromatic heterocycles. The second kappa shape index (κ2) is 6.95. The van der Waals surface area contributed by atoms with E-state index in [-0.39, 0.29) is 0 Å². The Balaban J connectivity index is 1.81. The predicted molar refractivity (Wildman–Crippen MR) is 93.3 cm³/mol. The normalized spacial score (nSPS) is 17.5. The fraction of sp³-hybridized carbons (Fsp3) is 0.412. The van der Waals surface area contributed by atoms with Crippen molar-refractivity contribution < 1.29 is 4.74 Å². The number of halogens is 1. The lowest BCUT2D eigenvalue weighted by atomic mass is 9.93. The Bertz CT molecular complexity index is 611. The molecule has 0 radical (unpaired) electrons. The van der Waals surface area contributed by atoms with Gasteiger partial charge in [0.25, 0.3) is 0 Å². The average molecular weight is 366 g/mol. The van der Waals surface area contributed by atoms with Gasteiger partial charge < -0.3 is 10.1 Å². The van der Waals surface area contributed by atoms with Crippen LogP contribution in [0.5, 0.6) is 0 Å².